The number of nitrogens with two attached hydrogens (primary N) is 1. The van der Waals surface area contributed by atoms with Crippen LogP contribution in [0.1, 0.15) is 16.8 Å². The highest BCUT2D eigenvalue weighted by atomic mass is 35.5. The zero-order valence-corrected chi connectivity index (χ0v) is 15.5. The maximum Gasteiger partial charge on any atom is 0.252 e. The summed E-state index contributed by atoms with van der Waals surface area (Å²) in [5.74, 6) is 0.100. The molecule has 0 radical (unpaired) electrons. The fraction of sp³-hybridized carbons (Fsp3) is 0.350. The van der Waals surface area contributed by atoms with Crippen LogP contribution in [0.15, 0.2) is 48.5 Å². The Morgan fingerprint density at radius 2 is 1.85 bits per heavy atom. The number of carbonyl (C=O) groups is 1. The highest BCUT2D eigenvalue weighted by Gasteiger charge is 2.17. The van der Waals surface area contributed by atoms with Crippen molar-refractivity contribution in [3.05, 3.63) is 59.1 Å². The molecule has 1 fully saturated rings. The van der Waals surface area contributed by atoms with E-state index in [2.05, 4.69) is 15.9 Å². The van der Waals surface area contributed by atoms with E-state index in [1.807, 2.05) is 24.3 Å². The molecule has 2 N–H and O–H groups in total. The van der Waals surface area contributed by atoms with Gasteiger partial charge in [-0.1, -0.05) is 29.8 Å². The van der Waals surface area contributed by atoms with Crippen molar-refractivity contribution in [2.75, 3.05) is 44.2 Å². The molecular formula is C20H24ClN3O2. The summed E-state index contributed by atoms with van der Waals surface area (Å²) in [6.45, 7) is 5.56. The minimum absolute atomic E-state index is 0.433. The number of hydrogen-bond donors (Lipinski definition) is 1. The van der Waals surface area contributed by atoms with Crippen molar-refractivity contribution in [1.29, 1.82) is 0 Å². The molecule has 1 saturated heterocycles. The van der Waals surface area contributed by atoms with Crippen LogP contribution < -0.4 is 15.4 Å². The van der Waals surface area contributed by atoms with Gasteiger partial charge in [0.25, 0.3) is 5.91 Å². The van der Waals surface area contributed by atoms with E-state index in [-0.39, 0.29) is 0 Å². The molecule has 0 aromatic heterocycles. The first-order valence-electron chi connectivity index (χ1n) is 8.88. The fourth-order valence-corrected chi connectivity index (χ4v) is 3.35. The number of primary amides is 1. The lowest BCUT2D eigenvalue weighted by Crippen LogP contribution is -2.46. The zero-order chi connectivity index (χ0) is 18.4. The summed E-state index contributed by atoms with van der Waals surface area (Å²) < 4.78 is 5.74. The van der Waals surface area contributed by atoms with Gasteiger partial charge >= 0.3 is 0 Å². The molecule has 0 atom stereocenters. The molecule has 0 aliphatic carbocycles. The highest BCUT2D eigenvalue weighted by Crippen LogP contribution is 2.21. The summed E-state index contributed by atoms with van der Waals surface area (Å²) in [6, 6.07) is 15.1. The van der Waals surface area contributed by atoms with E-state index >= 15 is 0 Å². The topological polar surface area (TPSA) is 58.8 Å². The quantitative estimate of drug-likeness (QED) is 0.758. The first kappa shape index (κ1) is 18.5. The minimum Gasteiger partial charge on any atom is -0.493 e. The number of anilines is 1. The second kappa shape index (κ2) is 8.92. The third kappa shape index (κ3) is 4.90. The van der Waals surface area contributed by atoms with Crippen LogP contribution in [0.5, 0.6) is 5.75 Å². The van der Waals surface area contributed by atoms with Crippen molar-refractivity contribution in [2.24, 2.45) is 5.73 Å². The van der Waals surface area contributed by atoms with Gasteiger partial charge in [-0.05, 0) is 36.8 Å². The Morgan fingerprint density at radius 3 is 2.58 bits per heavy atom. The number of carbonyl (C=O) groups excluding carboxylic acids is 1. The Morgan fingerprint density at radius 1 is 1.08 bits per heavy atom. The maximum atomic E-state index is 11.4. The van der Waals surface area contributed by atoms with Crippen LogP contribution in [0.2, 0.25) is 5.02 Å². The molecule has 5 nitrogen and oxygen atoms in total. The number of rotatable bonds is 7. The van der Waals surface area contributed by atoms with Gasteiger partial charge in [0.15, 0.2) is 0 Å². The van der Waals surface area contributed by atoms with Gasteiger partial charge in [0.05, 0.1) is 12.2 Å². The molecule has 1 amide bonds. The second-order valence-corrected chi connectivity index (χ2v) is 6.81. The summed E-state index contributed by atoms with van der Waals surface area (Å²) >= 11 is 6.08. The summed E-state index contributed by atoms with van der Waals surface area (Å²) in [6.07, 6.45) is 0.907. The van der Waals surface area contributed by atoms with E-state index in [0.29, 0.717) is 17.9 Å². The molecule has 0 bridgehead atoms. The SMILES string of the molecule is NC(=O)c1ccccc1OCCCN1CCN(c2cccc(Cl)c2)CC1. The highest BCUT2D eigenvalue weighted by molar-refractivity contribution is 6.30. The molecule has 3 rings (SSSR count). The molecular weight excluding hydrogens is 350 g/mol. The Bertz CT molecular complexity index is 745. The van der Waals surface area contributed by atoms with Gasteiger partial charge in [-0.25, -0.2) is 0 Å². The molecule has 2 aromatic carbocycles. The van der Waals surface area contributed by atoms with Crippen LogP contribution in [0.25, 0.3) is 0 Å². The van der Waals surface area contributed by atoms with E-state index in [4.69, 9.17) is 22.1 Å². The molecule has 1 aliphatic rings. The van der Waals surface area contributed by atoms with E-state index in [1.54, 1.807) is 18.2 Å². The van der Waals surface area contributed by atoms with Gasteiger partial charge in [0.1, 0.15) is 5.75 Å². The van der Waals surface area contributed by atoms with Gasteiger partial charge in [0, 0.05) is 43.4 Å². The molecule has 0 saturated carbocycles. The van der Waals surface area contributed by atoms with E-state index in [1.165, 1.54) is 5.69 Å². The van der Waals surface area contributed by atoms with Gasteiger partial charge in [0.2, 0.25) is 0 Å². The third-order valence-electron chi connectivity index (χ3n) is 4.57. The molecule has 0 spiro atoms. The van der Waals surface area contributed by atoms with Crippen LogP contribution in [0.3, 0.4) is 0 Å². The summed E-state index contributed by atoms with van der Waals surface area (Å²) in [7, 11) is 0. The van der Waals surface area contributed by atoms with Gasteiger partial charge in [-0.3, -0.25) is 9.69 Å². The lowest BCUT2D eigenvalue weighted by Gasteiger charge is -2.36. The van der Waals surface area contributed by atoms with Gasteiger partial charge < -0.3 is 15.4 Å². The maximum absolute atomic E-state index is 11.4. The van der Waals surface area contributed by atoms with Crippen LogP contribution >= 0.6 is 11.6 Å². The molecule has 0 unspecified atom stereocenters. The molecule has 26 heavy (non-hydrogen) atoms. The smallest absolute Gasteiger partial charge is 0.252 e. The third-order valence-corrected chi connectivity index (χ3v) is 4.81. The Hall–Kier alpha value is -2.24. The molecule has 138 valence electrons. The summed E-state index contributed by atoms with van der Waals surface area (Å²) in [5, 5.41) is 0.776. The zero-order valence-electron chi connectivity index (χ0n) is 14.7. The number of para-hydroxylation sites is 1. The Kier molecular flexibility index (Phi) is 6.36. The normalized spacial score (nSPS) is 15.0. The first-order chi connectivity index (χ1) is 12.6. The van der Waals surface area contributed by atoms with Gasteiger partial charge in [-0.15, -0.1) is 0 Å². The van der Waals surface area contributed by atoms with Crippen molar-refractivity contribution >= 4 is 23.2 Å². The van der Waals surface area contributed by atoms with Crippen LogP contribution in [-0.4, -0.2) is 50.1 Å². The van der Waals surface area contributed by atoms with Crippen LogP contribution in [0, 0.1) is 0 Å². The fourth-order valence-electron chi connectivity index (χ4n) is 3.17. The number of piperazine rings is 1. The molecule has 1 heterocycles. The average molecular weight is 374 g/mol. The lowest BCUT2D eigenvalue weighted by molar-refractivity contribution is 0.0996. The predicted molar refractivity (Wildman–Crippen MR) is 105 cm³/mol. The first-order valence-corrected chi connectivity index (χ1v) is 9.26. The number of ether oxygens (including phenoxy) is 1. The number of halogens is 1. The van der Waals surface area contributed by atoms with E-state index in [0.717, 1.165) is 44.2 Å². The van der Waals surface area contributed by atoms with Crippen molar-refractivity contribution in [1.82, 2.24) is 4.90 Å². The number of nitrogens with zero attached hydrogens (tertiary/aromatic N) is 2. The lowest BCUT2D eigenvalue weighted by atomic mass is 10.2. The predicted octanol–water partition coefficient (Wildman–Crippen LogP) is 3.03. The van der Waals surface area contributed by atoms with Crippen molar-refractivity contribution in [3.63, 3.8) is 0 Å². The van der Waals surface area contributed by atoms with Crippen molar-refractivity contribution in [3.8, 4) is 5.75 Å². The second-order valence-electron chi connectivity index (χ2n) is 6.37. The largest absolute Gasteiger partial charge is 0.493 e. The molecule has 1 aliphatic heterocycles. The summed E-state index contributed by atoms with van der Waals surface area (Å²) in [4.78, 5) is 16.2. The monoisotopic (exact) mass is 373 g/mol. The number of benzene rings is 2. The number of hydrogen-bond acceptors (Lipinski definition) is 4. The summed E-state index contributed by atoms with van der Waals surface area (Å²) in [5.41, 5.74) is 6.98. The van der Waals surface area contributed by atoms with Crippen molar-refractivity contribution in [2.45, 2.75) is 6.42 Å². The van der Waals surface area contributed by atoms with Crippen LogP contribution in [-0.2, 0) is 0 Å². The standard InChI is InChI=1S/C20H24ClN3O2/c21-16-5-3-6-17(15-16)24-12-10-23(11-13-24)9-4-14-26-19-8-2-1-7-18(19)20(22)25/h1-3,5-8,15H,4,9-14H2,(H2,22,25). The Labute approximate surface area is 159 Å². The number of amides is 1. The van der Waals surface area contributed by atoms with Crippen LogP contribution in [0.4, 0.5) is 5.69 Å². The van der Waals surface area contributed by atoms with E-state index < -0.39 is 5.91 Å². The molecule has 6 heteroatoms. The molecule has 2 aromatic rings. The average Bonchev–Trinajstić information content (AvgIpc) is 2.66. The van der Waals surface area contributed by atoms with Gasteiger partial charge in [-0.2, -0.15) is 0 Å². The van der Waals surface area contributed by atoms with Crippen molar-refractivity contribution < 1.29 is 9.53 Å². The minimum atomic E-state index is -0.460. The van der Waals surface area contributed by atoms with E-state index in [9.17, 15) is 4.79 Å². The Balaban J connectivity index is 1.40.